The molecule has 1 aliphatic carbocycles. The Balaban J connectivity index is 2.05. The minimum atomic E-state index is -0.135. The van der Waals surface area contributed by atoms with Crippen LogP contribution in [-0.4, -0.2) is 23.2 Å². The van der Waals surface area contributed by atoms with E-state index in [0.29, 0.717) is 5.17 Å². The van der Waals surface area contributed by atoms with E-state index < -0.39 is 0 Å². The zero-order chi connectivity index (χ0) is 13.4. The number of fused-ring (bicyclic) bond motifs is 3. The lowest BCUT2D eigenvalue weighted by Crippen LogP contribution is -2.18. The van der Waals surface area contributed by atoms with Crippen LogP contribution in [0.1, 0.15) is 15.9 Å². The van der Waals surface area contributed by atoms with Crippen molar-refractivity contribution in [1.82, 2.24) is 0 Å². The molecule has 0 saturated carbocycles. The van der Waals surface area contributed by atoms with Crippen LogP contribution in [0, 0.1) is 0 Å². The largest absolute Gasteiger partial charge is 0.379 e. The Morgan fingerprint density at radius 1 is 1.32 bits per heavy atom. The third kappa shape index (κ3) is 2.02. The van der Waals surface area contributed by atoms with Gasteiger partial charge in [0.05, 0.1) is 5.25 Å². The van der Waals surface area contributed by atoms with Crippen LogP contribution >= 0.6 is 11.8 Å². The first-order chi connectivity index (χ1) is 9.20. The van der Waals surface area contributed by atoms with Crippen molar-refractivity contribution >= 4 is 33.5 Å². The number of aliphatic imine (C=N–C) groups is 1. The van der Waals surface area contributed by atoms with Crippen molar-refractivity contribution in [2.75, 3.05) is 7.05 Å². The zero-order valence-corrected chi connectivity index (χ0v) is 11.4. The topological polar surface area (TPSA) is 55.4 Å². The van der Waals surface area contributed by atoms with Gasteiger partial charge in [0.15, 0.2) is 11.0 Å². The molecule has 0 fully saturated rings. The number of thioether (sulfide) groups is 1. The molecule has 0 bridgehead atoms. The number of ketones is 1. The SMILES string of the molecule is CN=C(N)SC1Cc2c(ccc3ccccc23)C1=O. The van der Waals surface area contributed by atoms with Gasteiger partial charge in [-0.05, 0) is 22.8 Å². The van der Waals surface area contributed by atoms with Crippen LogP contribution in [-0.2, 0) is 6.42 Å². The standard InChI is InChI=1S/C15H14N2OS/c1-17-15(16)19-13-8-12-10-5-3-2-4-9(10)6-7-11(12)14(13)18/h2-7,13H,8H2,1H3,(H2,16,17). The first kappa shape index (κ1) is 12.2. The first-order valence-corrected chi connectivity index (χ1v) is 7.02. The number of Topliss-reactive ketones (excluding diaryl/α,β-unsaturated/α-hetero) is 1. The molecule has 96 valence electrons. The summed E-state index contributed by atoms with van der Waals surface area (Å²) >= 11 is 1.36. The van der Waals surface area contributed by atoms with Gasteiger partial charge in [-0.3, -0.25) is 9.79 Å². The molecule has 1 aliphatic rings. The highest BCUT2D eigenvalue weighted by Gasteiger charge is 2.32. The first-order valence-electron chi connectivity index (χ1n) is 6.14. The van der Waals surface area contributed by atoms with E-state index in [1.165, 1.54) is 22.5 Å². The average Bonchev–Trinajstić information content (AvgIpc) is 2.76. The fourth-order valence-corrected chi connectivity index (χ4v) is 3.41. The highest BCUT2D eigenvalue weighted by atomic mass is 32.2. The molecule has 0 spiro atoms. The number of carbonyl (C=O) groups excluding carboxylic acids is 1. The molecule has 0 saturated heterocycles. The lowest BCUT2D eigenvalue weighted by molar-refractivity contribution is 0.100. The third-order valence-electron chi connectivity index (χ3n) is 3.47. The van der Waals surface area contributed by atoms with Crippen LogP contribution in [0.25, 0.3) is 10.8 Å². The van der Waals surface area contributed by atoms with Crippen LogP contribution in [0.2, 0.25) is 0 Å². The van der Waals surface area contributed by atoms with Gasteiger partial charge in [-0.25, -0.2) is 0 Å². The van der Waals surface area contributed by atoms with E-state index in [0.717, 1.165) is 17.5 Å². The Labute approximate surface area is 115 Å². The van der Waals surface area contributed by atoms with Gasteiger partial charge >= 0.3 is 0 Å². The molecule has 19 heavy (non-hydrogen) atoms. The van der Waals surface area contributed by atoms with Crippen molar-refractivity contribution in [3.8, 4) is 0 Å². The van der Waals surface area contributed by atoms with Crippen LogP contribution in [0.15, 0.2) is 41.4 Å². The summed E-state index contributed by atoms with van der Waals surface area (Å²) < 4.78 is 0. The lowest BCUT2D eigenvalue weighted by Gasteiger charge is -2.05. The Morgan fingerprint density at radius 3 is 2.89 bits per heavy atom. The summed E-state index contributed by atoms with van der Waals surface area (Å²) in [7, 11) is 1.64. The second-order valence-corrected chi connectivity index (χ2v) is 5.77. The molecule has 3 rings (SSSR count). The molecular formula is C15H14N2OS. The van der Waals surface area contributed by atoms with Crippen molar-refractivity contribution in [1.29, 1.82) is 0 Å². The maximum atomic E-state index is 12.4. The average molecular weight is 270 g/mol. The minimum Gasteiger partial charge on any atom is -0.379 e. The number of hydrogen-bond donors (Lipinski definition) is 1. The normalized spacial score (nSPS) is 18.9. The Bertz CT molecular complexity index is 694. The van der Waals surface area contributed by atoms with Crippen molar-refractivity contribution in [3.63, 3.8) is 0 Å². The molecule has 2 aromatic carbocycles. The van der Waals surface area contributed by atoms with E-state index in [4.69, 9.17) is 5.73 Å². The summed E-state index contributed by atoms with van der Waals surface area (Å²) in [5.74, 6) is 0.164. The summed E-state index contributed by atoms with van der Waals surface area (Å²) in [5, 5.41) is 2.68. The van der Waals surface area contributed by atoms with Crippen LogP contribution < -0.4 is 5.73 Å². The Kier molecular flexibility index (Phi) is 3.03. The predicted octanol–water partition coefficient (Wildman–Crippen LogP) is 2.62. The fourth-order valence-electron chi connectivity index (χ4n) is 2.53. The Hall–Kier alpha value is -1.81. The van der Waals surface area contributed by atoms with Gasteiger partial charge in [0, 0.05) is 12.6 Å². The third-order valence-corrected chi connectivity index (χ3v) is 4.56. The maximum Gasteiger partial charge on any atom is 0.176 e. The second kappa shape index (κ2) is 4.70. The molecule has 0 aliphatic heterocycles. The maximum absolute atomic E-state index is 12.4. The number of rotatable bonds is 1. The van der Waals surface area contributed by atoms with Gasteiger partial charge in [0.1, 0.15) is 0 Å². The van der Waals surface area contributed by atoms with E-state index >= 15 is 0 Å². The molecule has 1 atom stereocenters. The molecule has 2 aromatic rings. The fraction of sp³-hybridized carbons (Fsp3) is 0.200. The van der Waals surface area contributed by atoms with E-state index in [-0.39, 0.29) is 11.0 Å². The van der Waals surface area contributed by atoms with E-state index in [1.54, 1.807) is 7.05 Å². The molecule has 3 nitrogen and oxygen atoms in total. The second-order valence-electron chi connectivity index (χ2n) is 4.55. The van der Waals surface area contributed by atoms with Gasteiger partial charge in [-0.15, -0.1) is 0 Å². The predicted molar refractivity (Wildman–Crippen MR) is 80.9 cm³/mol. The van der Waals surface area contributed by atoms with Crippen LogP contribution in [0.5, 0.6) is 0 Å². The molecule has 2 N–H and O–H groups in total. The van der Waals surface area contributed by atoms with Crippen molar-refractivity contribution < 1.29 is 4.79 Å². The zero-order valence-electron chi connectivity index (χ0n) is 10.6. The highest BCUT2D eigenvalue weighted by molar-refractivity contribution is 8.14. The van der Waals surface area contributed by atoms with Crippen molar-refractivity contribution in [3.05, 3.63) is 47.5 Å². The number of amidine groups is 1. The smallest absolute Gasteiger partial charge is 0.176 e. The minimum absolute atomic E-state index is 0.135. The molecule has 0 aromatic heterocycles. The Morgan fingerprint density at radius 2 is 2.11 bits per heavy atom. The van der Waals surface area contributed by atoms with E-state index in [2.05, 4.69) is 17.1 Å². The van der Waals surface area contributed by atoms with Crippen molar-refractivity contribution in [2.24, 2.45) is 10.7 Å². The van der Waals surface area contributed by atoms with Crippen molar-refractivity contribution in [2.45, 2.75) is 11.7 Å². The summed E-state index contributed by atoms with van der Waals surface area (Å²) in [6.45, 7) is 0. The molecule has 0 amide bonds. The van der Waals surface area contributed by atoms with Gasteiger partial charge < -0.3 is 5.73 Å². The molecule has 0 radical (unpaired) electrons. The summed E-state index contributed by atoms with van der Waals surface area (Å²) in [6, 6.07) is 12.1. The van der Waals surface area contributed by atoms with Gasteiger partial charge in [-0.2, -0.15) is 0 Å². The number of hydrogen-bond acceptors (Lipinski definition) is 3. The van der Waals surface area contributed by atoms with Crippen LogP contribution in [0.4, 0.5) is 0 Å². The summed E-state index contributed by atoms with van der Waals surface area (Å²) in [5.41, 5.74) is 7.70. The number of carbonyl (C=O) groups is 1. The molecule has 4 heteroatoms. The van der Waals surface area contributed by atoms with E-state index in [9.17, 15) is 4.79 Å². The number of nitrogens with zero attached hydrogens (tertiary/aromatic N) is 1. The molecule has 0 heterocycles. The number of benzene rings is 2. The summed E-state index contributed by atoms with van der Waals surface area (Å²) in [4.78, 5) is 16.3. The van der Waals surface area contributed by atoms with Gasteiger partial charge in [0.2, 0.25) is 0 Å². The van der Waals surface area contributed by atoms with Gasteiger partial charge in [-0.1, -0.05) is 48.2 Å². The van der Waals surface area contributed by atoms with E-state index in [1.807, 2.05) is 24.3 Å². The molecular weight excluding hydrogens is 256 g/mol. The summed E-state index contributed by atoms with van der Waals surface area (Å²) in [6.07, 6.45) is 0.733. The highest BCUT2D eigenvalue weighted by Crippen LogP contribution is 2.34. The van der Waals surface area contributed by atoms with Crippen LogP contribution in [0.3, 0.4) is 0 Å². The quantitative estimate of drug-likeness (QED) is 0.640. The monoisotopic (exact) mass is 270 g/mol. The van der Waals surface area contributed by atoms with Gasteiger partial charge in [0.25, 0.3) is 0 Å². The lowest BCUT2D eigenvalue weighted by atomic mass is 10.0. The molecule has 1 unspecified atom stereocenters. The number of nitrogens with two attached hydrogens (primary N) is 1.